The molecule has 0 radical (unpaired) electrons. The Bertz CT molecular complexity index is 360. The molecule has 0 aromatic carbocycles. The Morgan fingerprint density at radius 2 is 2.25 bits per heavy atom. The lowest BCUT2D eigenvalue weighted by molar-refractivity contribution is 0.0592. The minimum atomic E-state index is -0.460. The van der Waals surface area contributed by atoms with Crippen molar-refractivity contribution in [3.05, 3.63) is 11.4 Å². The molecule has 0 aliphatic rings. The monoisotopic (exact) mass is 226 g/mol. The van der Waals surface area contributed by atoms with Crippen molar-refractivity contribution >= 4 is 5.97 Å². The Morgan fingerprint density at radius 1 is 1.56 bits per heavy atom. The van der Waals surface area contributed by atoms with Crippen molar-refractivity contribution in [1.82, 2.24) is 15.0 Å². The summed E-state index contributed by atoms with van der Waals surface area (Å²) in [6, 6.07) is 0. The second-order valence-corrected chi connectivity index (χ2v) is 3.99. The van der Waals surface area contributed by atoms with Crippen molar-refractivity contribution in [2.24, 2.45) is 11.7 Å². The second kappa shape index (κ2) is 5.60. The Hall–Kier alpha value is -1.43. The number of nitrogens with zero attached hydrogens (tertiary/aromatic N) is 3. The van der Waals surface area contributed by atoms with E-state index in [1.54, 1.807) is 4.68 Å². The average Bonchev–Trinajstić information content (AvgIpc) is 2.61. The average molecular weight is 226 g/mol. The number of carbonyl (C=O) groups is 1. The summed E-state index contributed by atoms with van der Waals surface area (Å²) in [5, 5.41) is 7.80. The summed E-state index contributed by atoms with van der Waals surface area (Å²) in [6.07, 6.45) is 0.574. The van der Waals surface area contributed by atoms with Gasteiger partial charge in [-0.1, -0.05) is 19.1 Å². The van der Waals surface area contributed by atoms with Crippen LogP contribution in [0.3, 0.4) is 0 Å². The molecule has 1 aromatic rings. The van der Waals surface area contributed by atoms with E-state index in [4.69, 9.17) is 5.73 Å². The largest absolute Gasteiger partial charge is 0.464 e. The van der Waals surface area contributed by atoms with Gasteiger partial charge in [-0.05, 0) is 12.5 Å². The summed E-state index contributed by atoms with van der Waals surface area (Å²) in [4.78, 5) is 11.4. The predicted molar refractivity (Wildman–Crippen MR) is 59.0 cm³/mol. The third-order valence-electron chi connectivity index (χ3n) is 2.14. The van der Waals surface area contributed by atoms with Gasteiger partial charge in [0.1, 0.15) is 0 Å². The van der Waals surface area contributed by atoms with Crippen LogP contribution in [0.2, 0.25) is 0 Å². The standard InChI is InChI=1S/C10H18N4O2/c1-7(2)6-14-8(4-5-11)9(12-13-14)10(15)16-3/h7H,4-6,11H2,1-3H3. The quantitative estimate of drug-likeness (QED) is 0.726. The van der Waals surface area contributed by atoms with Crippen molar-refractivity contribution in [2.75, 3.05) is 13.7 Å². The predicted octanol–water partition coefficient (Wildman–Crippen LogP) is 0.222. The summed E-state index contributed by atoms with van der Waals surface area (Å²) < 4.78 is 6.37. The third kappa shape index (κ3) is 2.79. The van der Waals surface area contributed by atoms with E-state index in [2.05, 4.69) is 28.9 Å². The van der Waals surface area contributed by atoms with Crippen molar-refractivity contribution in [1.29, 1.82) is 0 Å². The van der Waals surface area contributed by atoms with Crippen LogP contribution >= 0.6 is 0 Å². The maximum Gasteiger partial charge on any atom is 0.360 e. The van der Waals surface area contributed by atoms with Crippen molar-refractivity contribution < 1.29 is 9.53 Å². The van der Waals surface area contributed by atoms with Gasteiger partial charge in [-0.3, -0.25) is 0 Å². The molecule has 0 amide bonds. The molecule has 0 fully saturated rings. The highest BCUT2D eigenvalue weighted by Gasteiger charge is 2.19. The Kier molecular flexibility index (Phi) is 4.42. The molecular weight excluding hydrogens is 208 g/mol. The van der Waals surface area contributed by atoms with Gasteiger partial charge in [0.15, 0.2) is 5.69 Å². The third-order valence-corrected chi connectivity index (χ3v) is 2.14. The van der Waals surface area contributed by atoms with E-state index in [0.29, 0.717) is 18.9 Å². The molecule has 6 heteroatoms. The Labute approximate surface area is 94.8 Å². The molecule has 90 valence electrons. The summed E-state index contributed by atoms with van der Waals surface area (Å²) >= 11 is 0. The molecule has 6 nitrogen and oxygen atoms in total. The highest BCUT2D eigenvalue weighted by molar-refractivity contribution is 5.88. The molecule has 0 saturated heterocycles. The molecule has 1 heterocycles. The first-order chi connectivity index (χ1) is 7.60. The van der Waals surface area contributed by atoms with Crippen LogP contribution in [0.25, 0.3) is 0 Å². The fourth-order valence-electron chi connectivity index (χ4n) is 1.46. The van der Waals surface area contributed by atoms with Crippen LogP contribution in [0.5, 0.6) is 0 Å². The Balaban J connectivity index is 3.01. The number of hydrogen-bond donors (Lipinski definition) is 1. The minimum absolute atomic E-state index is 0.272. The second-order valence-electron chi connectivity index (χ2n) is 3.99. The van der Waals surface area contributed by atoms with Crippen molar-refractivity contribution in [3.8, 4) is 0 Å². The summed E-state index contributed by atoms with van der Waals surface area (Å²) in [5.74, 6) is -0.0258. The zero-order valence-electron chi connectivity index (χ0n) is 9.93. The zero-order valence-corrected chi connectivity index (χ0v) is 9.93. The van der Waals surface area contributed by atoms with Gasteiger partial charge in [-0.15, -0.1) is 5.10 Å². The number of nitrogens with two attached hydrogens (primary N) is 1. The van der Waals surface area contributed by atoms with Gasteiger partial charge in [0.05, 0.1) is 12.8 Å². The fourth-order valence-corrected chi connectivity index (χ4v) is 1.46. The van der Waals surface area contributed by atoms with E-state index in [9.17, 15) is 4.79 Å². The number of carbonyl (C=O) groups excluding carboxylic acids is 1. The number of aromatic nitrogens is 3. The highest BCUT2D eigenvalue weighted by Crippen LogP contribution is 2.09. The van der Waals surface area contributed by atoms with E-state index in [1.807, 2.05) is 0 Å². The zero-order chi connectivity index (χ0) is 12.1. The van der Waals surface area contributed by atoms with Crippen molar-refractivity contribution in [2.45, 2.75) is 26.8 Å². The van der Waals surface area contributed by atoms with Crippen LogP contribution in [0.4, 0.5) is 0 Å². The van der Waals surface area contributed by atoms with Gasteiger partial charge in [0.25, 0.3) is 0 Å². The van der Waals surface area contributed by atoms with Gasteiger partial charge >= 0.3 is 5.97 Å². The molecule has 1 rings (SSSR count). The molecule has 0 saturated carbocycles. The van der Waals surface area contributed by atoms with Crippen LogP contribution in [0.1, 0.15) is 30.0 Å². The van der Waals surface area contributed by atoms with E-state index in [0.717, 1.165) is 12.2 Å². The smallest absolute Gasteiger partial charge is 0.360 e. The Morgan fingerprint density at radius 3 is 2.75 bits per heavy atom. The van der Waals surface area contributed by atoms with E-state index >= 15 is 0 Å². The van der Waals surface area contributed by atoms with Crippen LogP contribution in [-0.2, 0) is 17.7 Å². The molecular formula is C10H18N4O2. The molecule has 16 heavy (non-hydrogen) atoms. The van der Waals surface area contributed by atoms with Crippen LogP contribution in [0.15, 0.2) is 0 Å². The molecule has 1 aromatic heterocycles. The molecule has 0 aliphatic heterocycles. The van der Waals surface area contributed by atoms with E-state index in [-0.39, 0.29) is 5.69 Å². The highest BCUT2D eigenvalue weighted by atomic mass is 16.5. The number of hydrogen-bond acceptors (Lipinski definition) is 5. The first-order valence-corrected chi connectivity index (χ1v) is 5.30. The lowest BCUT2D eigenvalue weighted by Crippen LogP contribution is -2.16. The van der Waals surface area contributed by atoms with Crippen LogP contribution < -0.4 is 5.73 Å². The summed E-state index contributed by atoms with van der Waals surface area (Å²) in [7, 11) is 1.33. The van der Waals surface area contributed by atoms with Gasteiger partial charge in [0, 0.05) is 13.0 Å². The van der Waals surface area contributed by atoms with Crippen LogP contribution in [0, 0.1) is 5.92 Å². The maximum atomic E-state index is 11.4. The van der Waals surface area contributed by atoms with Crippen molar-refractivity contribution in [3.63, 3.8) is 0 Å². The maximum absolute atomic E-state index is 11.4. The van der Waals surface area contributed by atoms with E-state index in [1.165, 1.54) is 7.11 Å². The fraction of sp³-hybridized carbons (Fsp3) is 0.700. The first kappa shape index (κ1) is 12.6. The number of methoxy groups -OCH3 is 1. The molecule has 0 atom stereocenters. The summed E-state index contributed by atoms with van der Waals surface area (Å²) in [5.41, 5.74) is 6.53. The molecule has 0 spiro atoms. The topological polar surface area (TPSA) is 83.0 Å². The van der Waals surface area contributed by atoms with Gasteiger partial charge < -0.3 is 10.5 Å². The first-order valence-electron chi connectivity index (χ1n) is 5.30. The van der Waals surface area contributed by atoms with Gasteiger partial charge in [-0.2, -0.15) is 0 Å². The lowest BCUT2D eigenvalue weighted by Gasteiger charge is -2.08. The van der Waals surface area contributed by atoms with Gasteiger partial charge in [0.2, 0.25) is 0 Å². The molecule has 0 aliphatic carbocycles. The number of ether oxygens (including phenoxy) is 1. The molecule has 0 unspecified atom stereocenters. The number of rotatable bonds is 5. The molecule has 0 bridgehead atoms. The number of esters is 1. The minimum Gasteiger partial charge on any atom is -0.464 e. The normalized spacial score (nSPS) is 10.8. The lowest BCUT2D eigenvalue weighted by atomic mass is 10.2. The SMILES string of the molecule is COC(=O)c1nnn(CC(C)C)c1CCN. The van der Waals surface area contributed by atoms with Crippen LogP contribution in [-0.4, -0.2) is 34.6 Å². The molecule has 2 N–H and O–H groups in total. The summed E-state index contributed by atoms with van der Waals surface area (Å²) in [6.45, 7) is 5.33. The van der Waals surface area contributed by atoms with E-state index < -0.39 is 5.97 Å². The van der Waals surface area contributed by atoms with Gasteiger partial charge in [-0.25, -0.2) is 9.48 Å².